The largest absolute Gasteiger partial charge is 0.292 e. The predicted octanol–water partition coefficient (Wildman–Crippen LogP) is 4.36. The van der Waals surface area contributed by atoms with Gasteiger partial charge in [0.1, 0.15) is 6.04 Å². The fourth-order valence-electron chi connectivity index (χ4n) is 1.99. The second-order valence-electron chi connectivity index (χ2n) is 4.38. The monoisotopic (exact) mass is 314 g/mol. The highest BCUT2D eigenvalue weighted by molar-refractivity contribution is 9.10. The van der Waals surface area contributed by atoms with Gasteiger partial charge in [-0.2, -0.15) is 5.26 Å². The first kappa shape index (κ1) is 13.8. The van der Waals surface area contributed by atoms with Gasteiger partial charge in [-0.3, -0.25) is 5.32 Å². The van der Waals surface area contributed by atoms with Gasteiger partial charge in [0.05, 0.1) is 6.07 Å². The Balaban J connectivity index is 2.17. The van der Waals surface area contributed by atoms with E-state index in [-0.39, 0.29) is 12.1 Å². The summed E-state index contributed by atoms with van der Waals surface area (Å²) in [6.07, 6.45) is 0. The zero-order chi connectivity index (χ0) is 13.7. The number of hydrogen-bond acceptors (Lipinski definition) is 2. The minimum Gasteiger partial charge on any atom is -0.292 e. The third-order valence-electron chi connectivity index (χ3n) is 3.06. The summed E-state index contributed by atoms with van der Waals surface area (Å²) in [4.78, 5) is 0. The second kappa shape index (κ2) is 6.51. The SMILES string of the molecule is C[C@H](N[C@@H](C#N)c1ccccc1Br)c1ccccc1. The zero-order valence-corrected chi connectivity index (χ0v) is 12.3. The van der Waals surface area contributed by atoms with Crippen LogP contribution in [0.3, 0.4) is 0 Å². The van der Waals surface area contributed by atoms with Crippen LogP contribution in [0.1, 0.15) is 30.1 Å². The molecule has 2 aromatic carbocycles. The van der Waals surface area contributed by atoms with Crippen molar-refractivity contribution in [2.24, 2.45) is 0 Å². The van der Waals surface area contributed by atoms with Gasteiger partial charge in [0, 0.05) is 10.5 Å². The van der Waals surface area contributed by atoms with Crippen LogP contribution < -0.4 is 5.32 Å². The minimum absolute atomic E-state index is 0.123. The molecule has 0 aliphatic carbocycles. The zero-order valence-electron chi connectivity index (χ0n) is 10.7. The molecule has 19 heavy (non-hydrogen) atoms. The van der Waals surface area contributed by atoms with Crippen molar-refractivity contribution in [3.63, 3.8) is 0 Å². The maximum absolute atomic E-state index is 9.37. The average molecular weight is 315 g/mol. The smallest absolute Gasteiger partial charge is 0.122 e. The van der Waals surface area contributed by atoms with Crippen LogP contribution in [0.15, 0.2) is 59.1 Å². The average Bonchev–Trinajstić information content (AvgIpc) is 2.46. The van der Waals surface area contributed by atoms with E-state index in [9.17, 15) is 5.26 Å². The first-order chi connectivity index (χ1) is 9.22. The molecule has 0 aromatic heterocycles. The summed E-state index contributed by atoms with van der Waals surface area (Å²) >= 11 is 3.49. The summed E-state index contributed by atoms with van der Waals surface area (Å²) in [7, 11) is 0. The van der Waals surface area contributed by atoms with E-state index in [4.69, 9.17) is 0 Å². The van der Waals surface area contributed by atoms with Gasteiger partial charge in [0.25, 0.3) is 0 Å². The molecule has 0 radical (unpaired) electrons. The van der Waals surface area contributed by atoms with Crippen molar-refractivity contribution in [3.8, 4) is 6.07 Å². The summed E-state index contributed by atoms with van der Waals surface area (Å²) in [5, 5.41) is 12.7. The third-order valence-corrected chi connectivity index (χ3v) is 3.78. The van der Waals surface area contributed by atoms with E-state index >= 15 is 0 Å². The molecule has 0 heterocycles. The first-order valence-corrected chi connectivity index (χ1v) is 6.96. The number of rotatable bonds is 4. The maximum atomic E-state index is 9.37. The fourth-order valence-corrected chi connectivity index (χ4v) is 2.51. The van der Waals surface area contributed by atoms with Crippen LogP contribution in [-0.4, -0.2) is 0 Å². The molecule has 0 spiro atoms. The quantitative estimate of drug-likeness (QED) is 0.909. The Hall–Kier alpha value is -1.63. The van der Waals surface area contributed by atoms with Crippen molar-refractivity contribution in [2.75, 3.05) is 0 Å². The van der Waals surface area contributed by atoms with Gasteiger partial charge < -0.3 is 0 Å². The van der Waals surface area contributed by atoms with Gasteiger partial charge in [-0.25, -0.2) is 0 Å². The Morgan fingerprint density at radius 3 is 2.32 bits per heavy atom. The molecule has 3 heteroatoms. The topological polar surface area (TPSA) is 35.8 Å². The van der Waals surface area contributed by atoms with Crippen LogP contribution in [0.5, 0.6) is 0 Å². The summed E-state index contributed by atoms with van der Waals surface area (Å²) < 4.78 is 0.953. The summed E-state index contributed by atoms with van der Waals surface area (Å²) in [6.45, 7) is 2.07. The van der Waals surface area contributed by atoms with Gasteiger partial charge in [-0.05, 0) is 24.1 Å². The molecule has 0 fully saturated rings. The lowest BCUT2D eigenvalue weighted by Gasteiger charge is -2.19. The van der Waals surface area contributed by atoms with E-state index in [1.807, 2.05) is 42.5 Å². The number of nitrogens with zero attached hydrogens (tertiary/aromatic N) is 1. The lowest BCUT2D eigenvalue weighted by molar-refractivity contribution is 0.532. The molecule has 96 valence electrons. The third kappa shape index (κ3) is 3.44. The molecule has 0 saturated carbocycles. The van der Waals surface area contributed by atoms with Gasteiger partial charge in [0.15, 0.2) is 0 Å². The minimum atomic E-state index is -0.328. The van der Waals surface area contributed by atoms with E-state index in [1.165, 1.54) is 5.56 Å². The number of nitriles is 1. The van der Waals surface area contributed by atoms with Gasteiger partial charge >= 0.3 is 0 Å². The Labute approximate surface area is 122 Å². The molecule has 0 saturated heterocycles. The number of benzene rings is 2. The highest BCUT2D eigenvalue weighted by Crippen LogP contribution is 2.25. The van der Waals surface area contributed by atoms with Gasteiger partial charge in [-0.15, -0.1) is 0 Å². The Kier molecular flexibility index (Phi) is 4.73. The number of hydrogen-bond donors (Lipinski definition) is 1. The molecular formula is C16H15BrN2. The molecule has 0 aliphatic heterocycles. The Morgan fingerprint density at radius 2 is 1.68 bits per heavy atom. The van der Waals surface area contributed by atoms with E-state index in [0.717, 1.165) is 10.0 Å². The molecule has 0 aliphatic rings. The highest BCUT2D eigenvalue weighted by Gasteiger charge is 2.16. The molecule has 2 nitrogen and oxygen atoms in total. The molecular weight excluding hydrogens is 300 g/mol. The summed E-state index contributed by atoms with van der Waals surface area (Å²) in [5.74, 6) is 0. The van der Waals surface area contributed by atoms with Crippen molar-refractivity contribution in [1.29, 1.82) is 5.26 Å². The van der Waals surface area contributed by atoms with Crippen LogP contribution in [0, 0.1) is 11.3 Å². The molecule has 2 aromatic rings. The molecule has 0 amide bonds. The Morgan fingerprint density at radius 1 is 1.05 bits per heavy atom. The van der Waals surface area contributed by atoms with E-state index in [1.54, 1.807) is 0 Å². The second-order valence-corrected chi connectivity index (χ2v) is 5.24. The number of nitrogens with one attached hydrogen (secondary N) is 1. The Bertz CT molecular complexity index is 575. The molecule has 0 bridgehead atoms. The molecule has 0 unspecified atom stereocenters. The fraction of sp³-hybridized carbons (Fsp3) is 0.188. The van der Waals surface area contributed by atoms with Crippen LogP contribution >= 0.6 is 15.9 Å². The summed E-state index contributed by atoms with van der Waals surface area (Å²) in [6, 6.07) is 20.0. The van der Waals surface area contributed by atoms with Crippen molar-refractivity contribution >= 4 is 15.9 Å². The van der Waals surface area contributed by atoms with E-state index in [0.29, 0.717) is 0 Å². The number of halogens is 1. The van der Waals surface area contributed by atoms with E-state index in [2.05, 4.69) is 46.4 Å². The molecule has 2 rings (SSSR count). The molecule has 1 N–H and O–H groups in total. The first-order valence-electron chi connectivity index (χ1n) is 6.17. The van der Waals surface area contributed by atoms with Crippen molar-refractivity contribution in [2.45, 2.75) is 19.0 Å². The van der Waals surface area contributed by atoms with Gasteiger partial charge in [-0.1, -0.05) is 64.5 Å². The van der Waals surface area contributed by atoms with Crippen molar-refractivity contribution in [1.82, 2.24) is 5.32 Å². The normalized spacial score (nSPS) is 13.5. The standard InChI is InChI=1S/C16H15BrN2/c1-12(13-7-3-2-4-8-13)19-16(11-18)14-9-5-6-10-15(14)17/h2-10,12,16,19H,1H3/t12-,16-/m0/s1. The van der Waals surface area contributed by atoms with Crippen molar-refractivity contribution < 1.29 is 0 Å². The predicted molar refractivity (Wildman–Crippen MR) is 80.5 cm³/mol. The van der Waals surface area contributed by atoms with Crippen LogP contribution in [0.25, 0.3) is 0 Å². The van der Waals surface area contributed by atoms with Crippen LogP contribution in [0.2, 0.25) is 0 Å². The van der Waals surface area contributed by atoms with Crippen LogP contribution in [-0.2, 0) is 0 Å². The lowest BCUT2D eigenvalue weighted by Crippen LogP contribution is -2.23. The van der Waals surface area contributed by atoms with E-state index < -0.39 is 0 Å². The van der Waals surface area contributed by atoms with Gasteiger partial charge in [0.2, 0.25) is 0 Å². The van der Waals surface area contributed by atoms with Crippen LogP contribution in [0.4, 0.5) is 0 Å². The molecule has 2 atom stereocenters. The highest BCUT2D eigenvalue weighted by atomic mass is 79.9. The van der Waals surface area contributed by atoms with Crippen molar-refractivity contribution in [3.05, 3.63) is 70.2 Å². The maximum Gasteiger partial charge on any atom is 0.122 e. The summed E-state index contributed by atoms with van der Waals surface area (Å²) in [5.41, 5.74) is 2.14. The lowest BCUT2D eigenvalue weighted by atomic mass is 10.0.